The maximum Gasteiger partial charge on any atom is 0.135 e. The quantitative estimate of drug-likeness (QED) is 0.514. The van der Waals surface area contributed by atoms with Crippen molar-refractivity contribution in [2.45, 2.75) is 79.6 Å². The van der Waals surface area contributed by atoms with Gasteiger partial charge in [0.1, 0.15) is 5.78 Å². The zero-order chi connectivity index (χ0) is 16.5. The minimum atomic E-state index is 0.256. The summed E-state index contributed by atoms with van der Waals surface area (Å²) in [6.45, 7) is 10.8. The van der Waals surface area contributed by atoms with Crippen molar-refractivity contribution in [3.05, 3.63) is 34.9 Å². The monoisotopic (exact) mass is 302 g/mol. The van der Waals surface area contributed by atoms with Gasteiger partial charge >= 0.3 is 0 Å². The van der Waals surface area contributed by atoms with Gasteiger partial charge in [-0.3, -0.25) is 4.79 Å². The number of hydrogen-bond donors (Lipinski definition) is 0. The molecule has 0 amide bonds. The van der Waals surface area contributed by atoms with Gasteiger partial charge in [0, 0.05) is 12.3 Å². The van der Waals surface area contributed by atoms with Crippen molar-refractivity contribution in [2.24, 2.45) is 11.8 Å². The maximum absolute atomic E-state index is 12.4. The number of ketones is 1. The van der Waals surface area contributed by atoms with Crippen molar-refractivity contribution in [2.75, 3.05) is 0 Å². The van der Waals surface area contributed by atoms with Crippen LogP contribution in [0.5, 0.6) is 0 Å². The number of carbonyl (C=O) groups excluding carboxylic acids is 1. The van der Waals surface area contributed by atoms with Crippen molar-refractivity contribution in [3.8, 4) is 0 Å². The van der Waals surface area contributed by atoms with Crippen molar-refractivity contribution < 1.29 is 4.79 Å². The van der Waals surface area contributed by atoms with E-state index in [9.17, 15) is 4.79 Å². The molecule has 0 N–H and O–H groups in total. The Bertz CT molecular complexity index is 455. The molecule has 22 heavy (non-hydrogen) atoms. The average Bonchev–Trinajstić information content (AvgIpc) is 2.51. The van der Waals surface area contributed by atoms with Crippen LogP contribution in [0.1, 0.15) is 76.0 Å². The van der Waals surface area contributed by atoms with Crippen LogP contribution >= 0.6 is 0 Å². The van der Waals surface area contributed by atoms with E-state index in [-0.39, 0.29) is 5.92 Å². The molecule has 0 saturated carbocycles. The van der Waals surface area contributed by atoms with E-state index in [1.165, 1.54) is 42.4 Å². The van der Waals surface area contributed by atoms with Gasteiger partial charge in [0.2, 0.25) is 0 Å². The fourth-order valence-corrected chi connectivity index (χ4v) is 3.49. The average molecular weight is 303 g/mol. The maximum atomic E-state index is 12.4. The normalized spacial score (nSPS) is 12.6. The number of hydrogen-bond acceptors (Lipinski definition) is 1. The summed E-state index contributed by atoms with van der Waals surface area (Å²) in [5.74, 6) is 1.30. The van der Waals surface area contributed by atoms with E-state index in [2.05, 4.69) is 45.9 Å². The molecule has 0 aliphatic rings. The van der Waals surface area contributed by atoms with Gasteiger partial charge in [0.05, 0.1) is 0 Å². The van der Waals surface area contributed by atoms with Gasteiger partial charge in [-0.2, -0.15) is 0 Å². The highest BCUT2D eigenvalue weighted by molar-refractivity contribution is 5.81. The Hall–Kier alpha value is -1.11. The fourth-order valence-electron chi connectivity index (χ4n) is 3.49. The largest absolute Gasteiger partial charge is 0.299 e. The van der Waals surface area contributed by atoms with Crippen molar-refractivity contribution >= 4 is 5.78 Å². The molecule has 1 nitrogen and oxygen atoms in total. The number of rotatable bonds is 10. The minimum Gasteiger partial charge on any atom is -0.299 e. The van der Waals surface area contributed by atoms with E-state index in [0.29, 0.717) is 18.1 Å². The van der Waals surface area contributed by atoms with Crippen LogP contribution in [0.15, 0.2) is 18.2 Å². The first-order valence-electron chi connectivity index (χ1n) is 9.12. The summed E-state index contributed by atoms with van der Waals surface area (Å²) in [5, 5.41) is 0. The molecule has 0 aromatic heterocycles. The summed E-state index contributed by atoms with van der Waals surface area (Å²) < 4.78 is 0. The molecule has 1 unspecified atom stereocenters. The van der Waals surface area contributed by atoms with Gasteiger partial charge in [-0.25, -0.2) is 0 Å². The second-order valence-corrected chi connectivity index (χ2v) is 6.72. The van der Waals surface area contributed by atoms with Crippen molar-refractivity contribution in [1.29, 1.82) is 0 Å². The van der Waals surface area contributed by atoms with Gasteiger partial charge in [0.25, 0.3) is 0 Å². The smallest absolute Gasteiger partial charge is 0.135 e. The molecule has 1 rings (SSSR count). The molecule has 0 spiro atoms. The lowest BCUT2D eigenvalue weighted by atomic mass is 9.78. The van der Waals surface area contributed by atoms with E-state index in [4.69, 9.17) is 0 Å². The van der Waals surface area contributed by atoms with Gasteiger partial charge in [-0.15, -0.1) is 0 Å². The fraction of sp³-hybridized carbons (Fsp3) is 0.667. The molecular weight excluding hydrogens is 268 g/mol. The van der Waals surface area contributed by atoms with Crippen LogP contribution < -0.4 is 0 Å². The Kier molecular flexibility index (Phi) is 8.45. The molecular formula is C21H34O. The summed E-state index contributed by atoms with van der Waals surface area (Å²) in [6.07, 6.45) is 7.47. The molecule has 0 aliphatic carbocycles. The lowest BCUT2D eigenvalue weighted by molar-refractivity contribution is -0.124. The predicted molar refractivity (Wildman–Crippen MR) is 96.3 cm³/mol. The summed E-state index contributed by atoms with van der Waals surface area (Å²) >= 11 is 0. The molecule has 1 aromatic rings. The topological polar surface area (TPSA) is 17.1 Å². The lowest BCUT2D eigenvalue weighted by Gasteiger charge is -2.25. The van der Waals surface area contributed by atoms with E-state index >= 15 is 0 Å². The van der Waals surface area contributed by atoms with Gasteiger partial charge < -0.3 is 0 Å². The zero-order valence-corrected chi connectivity index (χ0v) is 15.2. The van der Waals surface area contributed by atoms with Crippen LogP contribution in [-0.4, -0.2) is 5.78 Å². The Morgan fingerprint density at radius 2 is 1.59 bits per heavy atom. The summed E-state index contributed by atoms with van der Waals surface area (Å²) in [7, 11) is 0. The molecule has 1 atom stereocenters. The summed E-state index contributed by atoms with van der Waals surface area (Å²) in [6, 6.07) is 6.72. The molecule has 1 aromatic carbocycles. The molecule has 0 aliphatic heterocycles. The lowest BCUT2D eigenvalue weighted by Crippen LogP contribution is -2.24. The van der Waals surface area contributed by atoms with Crippen LogP contribution in [0.4, 0.5) is 0 Å². The van der Waals surface area contributed by atoms with Crippen LogP contribution in [0.3, 0.4) is 0 Å². The summed E-state index contributed by atoms with van der Waals surface area (Å²) in [5.41, 5.74) is 4.08. The highest BCUT2D eigenvalue weighted by Gasteiger charge is 2.25. The van der Waals surface area contributed by atoms with E-state index < -0.39 is 0 Å². The third-order valence-corrected chi connectivity index (χ3v) is 4.97. The van der Waals surface area contributed by atoms with Crippen LogP contribution in [0.25, 0.3) is 0 Å². The molecule has 0 radical (unpaired) electrons. The highest BCUT2D eigenvalue weighted by Crippen LogP contribution is 2.29. The Morgan fingerprint density at radius 3 is 2.09 bits per heavy atom. The second kappa shape index (κ2) is 9.82. The van der Waals surface area contributed by atoms with E-state index in [0.717, 1.165) is 12.8 Å². The first kappa shape index (κ1) is 18.9. The highest BCUT2D eigenvalue weighted by atomic mass is 16.1. The minimum absolute atomic E-state index is 0.256. The molecule has 124 valence electrons. The predicted octanol–water partition coefficient (Wildman–Crippen LogP) is 6.05. The molecule has 0 fully saturated rings. The van der Waals surface area contributed by atoms with Gasteiger partial charge in [-0.1, -0.05) is 64.7 Å². The first-order valence-corrected chi connectivity index (χ1v) is 9.12. The third-order valence-electron chi connectivity index (χ3n) is 4.97. The van der Waals surface area contributed by atoms with Gasteiger partial charge in [-0.05, 0) is 49.3 Å². The van der Waals surface area contributed by atoms with Crippen molar-refractivity contribution in [1.82, 2.24) is 0 Å². The van der Waals surface area contributed by atoms with Crippen molar-refractivity contribution in [3.63, 3.8) is 0 Å². The van der Waals surface area contributed by atoms with Crippen LogP contribution in [0, 0.1) is 25.7 Å². The zero-order valence-electron chi connectivity index (χ0n) is 15.2. The SMILES string of the molecule is CCCC(CCC)C(CCc1ccc(C)c(C)c1)C(=O)CC. The Labute approximate surface area is 137 Å². The Morgan fingerprint density at radius 1 is 0.955 bits per heavy atom. The van der Waals surface area contributed by atoms with E-state index in [1.54, 1.807) is 0 Å². The number of carbonyl (C=O) groups is 1. The first-order chi connectivity index (χ1) is 10.5. The third kappa shape index (κ3) is 5.59. The standard InChI is InChI=1S/C21H34O/c1-6-9-19(10-7-2)20(21(22)8-3)14-13-18-12-11-16(4)17(5)15-18/h11-12,15,19-20H,6-10,13-14H2,1-5H3. The molecule has 1 heteroatoms. The molecule has 0 heterocycles. The number of Topliss-reactive ketones (excluding diaryl/α,β-unsaturated/α-hetero) is 1. The molecule has 0 bridgehead atoms. The number of aryl methyl sites for hydroxylation is 3. The summed E-state index contributed by atoms with van der Waals surface area (Å²) in [4.78, 5) is 12.4. The second-order valence-electron chi connectivity index (χ2n) is 6.72. The van der Waals surface area contributed by atoms with Crippen LogP contribution in [0.2, 0.25) is 0 Å². The van der Waals surface area contributed by atoms with E-state index in [1.807, 2.05) is 6.92 Å². The van der Waals surface area contributed by atoms with Crippen LogP contribution in [-0.2, 0) is 11.2 Å². The Balaban J connectivity index is 2.79. The molecule has 0 saturated heterocycles. The number of benzene rings is 1. The van der Waals surface area contributed by atoms with Gasteiger partial charge in [0.15, 0.2) is 0 Å².